The highest BCUT2D eigenvalue weighted by atomic mass is 32.2. The Labute approximate surface area is 107 Å². The standard InChI is InChI=1S/C12H21NO3S/c1-3-12(4-2,11(15)16)8-13-10(14)9-5-6-17-7-9/h9H,3-8H2,1-2H3,(H,13,14)(H,15,16). The topological polar surface area (TPSA) is 66.4 Å². The normalized spacial score (nSPS) is 20.2. The van der Waals surface area contributed by atoms with Crippen molar-refractivity contribution in [1.82, 2.24) is 5.32 Å². The Bertz CT molecular complexity index is 283. The van der Waals surface area contributed by atoms with E-state index in [0.29, 0.717) is 12.8 Å². The fourth-order valence-corrected chi connectivity index (χ4v) is 3.24. The lowest BCUT2D eigenvalue weighted by Gasteiger charge is -2.27. The van der Waals surface area contributed by atoms with Crippen LogP contribution in [0.2, 0.25) is 0 Å². The van der Waals surface area contributed by atoms with Crippen molar-refractivity contribution in [3.05, 3.63) is 0 Å². The van der Waals surface area contributed by atoms with E-state index in [0.717, 1.165) is 17.9 Å². The minimum Gasteiger partial charge on any atom is -0.481 e. The Morgan fingerprint density at radius 3 is 2.47 bits per heavy atom. The van der Waals surface area contributed by atoms with Gasteiger partial charge in [0.15, 0.2) is 0 Å². The molecule has 1 aliphatic heterocycles. The number of hydrogen-bond acceptors (Lipinski definition) is 3. The molecule has 1 aliphatic rings. The summed E-state index contributed by atoms with van der Waals surface area (Å²) in [6.45, 7) is 3.96. The third-order valence-corrected chi connectivity index (χ3v) is 4.87. The maximum absolute atomic E-state index is 11.8. The first-order valence-electron chi connectivity index (χ1n) is 6.14. The average molecular weight is 259 g/mol. The predicted octanol–water partition coefficient (Wildman–Crippen LogP) is 1.75. The maximum Gasteiger partial charge on any atom is 0.311 e. The molecular weight excluding hydrogens is 238 g/mol. The molecule has 17 heavy (non-hydrogen) atoms. The van der Waals surface area contributed by atoms with E-state index in [1.165, 1.54) is 0 Å². The van der Waals surface area contributed by atoms with Gasteiger partial charge in [-0.2, -0.15) is 11.8 Å². The highest BCUT2D eigenvalue weighted by Gasteiger charge is 2.36. The smallest absolute Gasteiger partial charge is 0.311 e. The van der Waals surface area contributed by atoms with Crippen molar-refractivity contribution in [2.45, 2.75) is 33.1 Å². The van der Waals surface area contributed by atoms with Gasteiger partial charge in [-0.25, -0.2) is 0 Å². The maximum atomic E-state index is 11.8. The largest absolute Gasteiger partial charge is 0.481 e. The fraction of sp³-hybridized carbons (Fsp3) is 0.833. The van der Waals surface area contributed by atoms with Crippen LogP contribution in [0.4, 0.5) is 0 Å². The molecule has 1 unspecified atom stereocenters. The molecule has 0 aliphatic carbocycles. The van der Waals surface area contributed by atoms with Crippen LogP contribution in [-0.2, 0) is 9.59 Å². The molecule has 0 aromatic rings. The van der Waals surface area contributed by atoms with Crippen LogP contribution in [0, 0.1) is 11.3 Å². The number of aliphatic carboxylic acids is 1. The van der Waals surface area contributed by atoms with Crippen LogP contribution in [0.25, 0.3) is 0 Å². The summed E-state index contributed by atoms with van der Waals surface area (Å²) in [7, 11) is 0. The van der Waals surface area contributed by atoms with Crippen LogP contribution in [0.15, 0.2) is 0 Å². The summed E-state index contributed by atoms with van der Waals surface area (Å²) >= 11 is 1.78. The third-order valence-electron chi connectivity index (χ3n) is 3.71. The van der Waals surface area contributed by atoms with E-state index in [1.807, 2.05) is 13.8 Å². The molecule has 0 saturated carbocycles. The number of hydrogen-bond donors (Lipinski definition) is 2. The van der Waals surface area contributed by atoms with Crippen LogP contribution in [0.1, 0.15) is 33.1 Å². The van der Waals surface area contributed by atoms with Crippen LogP contribution < -0.4 is 5.32 Å². The Kier molecular flexibility index (Phi) is 5.31. The van der Waals surface area contributed by atoms with Crippen molar-refractivity contribution in [3.8, 4) is 0 Å². The van der Waals surface area contributed by atoms with Crippen molar-refractivity contribution in [1.29, 1.82) is 0 Å². The van der Waals surface area contributed by atoms with Crippen LogP contribution in [-0.4, -0.2) is 35.0 Å². The van der Waals surface area contributed by atoms with Crippen LogP contribution in [0.5, 0.6) is 0 Å². The summed E-state index contributed by atoms with van der Waals surface area (Å²) in [5.74, 6) is 1.17. The second-order valence-corrected chi connectivity index (χ2v) is 5.72. The number of carbonyl (C=O) groups is 2. The first kappa shape index (κ1) is 14.4. The molecule has 5 heteroatoms. The van der Waals surface area contributed by atoms with E-state index in [2.05, 4.69) is 5.32 Å². The van der Waals surface area contributed by atoms with Gasteiger partial charge in [0.1, 0.15) is 0 Å². The number of thioether (sulfide) groups is 1. The van der Waals surface area contributed by atoms with Gasteiger partial charge in [0.25, 0.3) is 0 Å². The zero-order valence-electron chi connectivity index (χ0n) is 10.5. The molecule has 1 amide bonds. The zero-order chi connectivity index (χ0) is 12.9. The van der Waals surface area contributed by atoms with Crippen molar-refractivity contribution in [3.63, 3.8) is 0 Å². The van der Waals surface area contributed by atoms with E-state index >= 15 is 0 Å². The lowest BCUT2D eigenvalue weighted by molar-refractivity contribution is -0.149. The lowest BCUT2D eigenvalue weighted by Crippen LogP contribution is -2.44. The van der Waals surface area contributed by atoms with Crippen molar-refractivity contribution in [2.24, 2.45) is 11.3 Å². The van der Waals surface area contributed by atoms with Gasteiger partial charge in [-0.15, -0.1) is 0 Å². The number of amides is 1. The first-order chi connectivity index (χ1) is 8.05. The number of carboxylic acid groups (broad SMARTS) is 1. The molecule has 1 saturated heterocycles. The van der Waals surface area contributed by atoms with Gasteiger partial charge < -0.3 is 10.4 Å². The summed E-state index contributed by atoms with van der Waals surface area (Å²) < 4.78 is 0. The molecule has 0 aromatic heterocycles. The van der Waals surface area contributed by atoms with Gasteiger partial charge in [0.2, 0.25) is 5.91 Å². The number of nitrogens with one attached hydrogen (secondary N) is 1. The number of carbonyl (C=O) groups excluding carboxylic acids is 1. The van der Waals surface area contributed by atoms with Gasteiger partial charge in [0, 0.05) is 18.2 Å². The second kappa shape index (κ2) is 6.28. The Balaban J connectivity index is 2.51. The van der Waals surface area contributed by atoms with Crippen LogP contribution in [0.3, 0.4) is 0 Å². The molecule has 0 bridgehead atoms. The third kappa shape index (κ3) is 3.37. The Morgan fingerprint density at radius 1 is 1.41 bits per heavy atom. The average Bonchev–Trinajstić information content (AvgIpc) is 2.84. The van der Waals surface area contributed by atoms with Gasteiger partial charge in [0.05, 0.1) is 5.41 Å². The molecule has 0 aromatic carbocycles. The molecule has 0 spiro atoms. The second-order valence-electron chi connectivity index (χ2n) is 4.57. The predicted molar refractivity (Wildman–Crippen MR) is 69.1 cm³/mol. The first-order valence-corrected chi connectivity index (χ1v) is 7.30. The molecule has 98 valence electrons. The summed E-state index contributed by atoms with van der Waals surface area (Å²) in [5.41, 5.74) is -0.804. The summed E-state index contributed by atoms with van der Waals surface area (Å²) in [6.07, 6.45) is 1.99. The monoisotopic (exact) mass is 259 g/mol. The van der Waals surface area contributed by atoms with E-state index in [1.54, 1.807) is 11.8 Å². The Morgan fingerprint density at radius 2 is 2.06 bits per heavy atom. The van der Waals surface area contributed by atoms with Crippen molar-refractivity contribution < 1.29 is 14.7 Å². The van der Waals surface area contributed by atoms with Gasteiger partial charge in [-0.1, -0.05) is 13.8 Å². The minimum absolute atomic E-state index is 0.0162. The highest BCUT2D eigenvalue weighted by molar-refractivity contribution is 7.99. The minimum atomic E-state index is -0.816. The van der Waals surface area contributed by atoms with Gasteiger partial charge in [-0.3, -0.25) is 9.59 Å². The van der Waals surface area contributed by atoms with E-state index in [9.17, 15) is 14.7 Å². The molecule has 1 rings (SSSR count). The summed E-state index contributed by atoms with van der Waals surface area (Å²) in [6, 6.07) is 0. The fourth-order valence-electron chi connectivity index (χ4n) is 2.02. The van der Waals surface area contributed by atoms with Crippen molar-refractivity contribution >= 4 is 23.6 Å². The molecule has 1 heterocycles. The lowest BCUT2D eigenvalue weighted by atomic mass is 9.82. The van der Waals surface area contributed by atoms with Gasteiger partial charge in [-0.05, 0) is 25.0 Å². The van der Waals surface area contributed by atoms with Gasteiger partial charge >= 0.3 is 5.97 Å². The summed E-state index contributed by atoms with van der Waals surface area (Å²) in [5, 5.41) is 12.1. The zero-order valence-corrected chi connectivity index (χ0v) is 11.3. The SMILES string of the molecule is CCC(CC)(CNC(=O)C1CCSC1)C(=O)O. The molecule has 4 nitrogen and oxygen atoms in total. The quantitative estimate of drug-likeness (QED) is 0.762. The van der Waals surface area contributed by atoms with Crippen LogP contribution >= 0.6 is 11.8 Å². The molecular formula is C12H21NO3S. The number of rotatable bonds is 6. The highest BCUT2D eigenvalue weighted by Crippen LogP contribution is 2.27. The molecule has 2 N–H and O–H groups in total. The van der Waals surface area contributed by atoms with E-state index in [-0.39, 0.29) is 18.4 Å². The van der Waals surface area contributed by atoms with E-state index < -0.39 is 11.4 Å². The van der Waals surface area contributed by atoms with Crippen molar-refractivity contribution in [2.75, 3.05) is 18.1 Å². The van der Waals surface area contributed by atoms with E-state index in [4.69, 9.17) is 0 Å². The molecule has 1 fully saturated rings. The summed E-state index contributed by atoms with van der Waals surface area (Å²) in [4.78, 5) is 23.1. The molecule has 1 atom stereocenters. The number of carboxylic acids is 1. The Hall–Kier alpha value is -0.710. The molecule has 0 radical (unpaired) electrons.